The van der Waals surface area contributed by atoms with Gasteiger partial charge in [-0.15, -0.1) is 0 Å². The molecule has 1 saturated heterocycles. The van der Waals surface area contributed by atoms with Gasteiger partial charge in [-0.3, -0.25) is 4.79 Å². The number of hydrogen-bond donors (Lipinski definition) is 1. The standard InChI is InChI=1S/C21H29FN2O3/c1-20(2,3)27-19(26)24-8-7-21(13-24)11-14(12-21)9-15-5-6-16(10-17(15)22)18(25)23-4/h5-6,10,14H,7-9,11-13H2,1-4H3,(H,23,25). The number of carbonyl (C=O) groups is 2. The van der Waals surface area contributed by atoms with Crippen LogP contribution < -0.4 is 5.32 Å². The van der Waals surface area contributed by atoms with Crippen LogP contribution in [0.2, 0.25) is 0 Å². The number of nitrogens with zero attached hydrogens (tertiary/aromatic N) is 1. The van der Waals surface area contributed by atoms with Crippen LogP contribution in [0.15, 0.2) is 18.2 Å². The zero-order valence-electron chi connectivity index (χ0n) is 16.6. The van der Waals surface area contributed by atoms with Gasteiger partial charge in [0.05, 0.1) is 0 Å². The molecule has 1 N–H and O–H groups in total. The van der Waals surface area contributed by atoms with Gasteiger partial charge in [0.1, 0.15) is 11.4 Å². The molecule has 3 rings (SSSR count). The first-order chi connectivity index (χ1) is 12.6. The van der Waals surface area contributed by atoms with Crippen molar-refractivity contribution in [2.45, 2.75) is 52.1 Å². The minimum atomic E-state index is -0.479. The van der Waals surface area contributed by atoms with Crippen molar-refractivity contribution >= 4 is 12.0 Å². The van der Waals surface area contributed by atoms with E-state index in [1.54, 1.807) is 17.0 Å². The third-order valence-electron chi connectivity index (χ3n) is 5.58. The quantitative estimate of drug-likeness (QED) is 0.874. The van der Waals surface area contributed by atoms with Crippen LogP contribution in [-0.2, 0) is 11.2 Å². The fraction of sp³-hybridized carbons (Fsp3) is 0.619. The lowest BCUT2D eigenvalue weighted by Crippen LogP contribution is -2.42. The molecule has 0 unspecified atom stereocenters. The zero-order valence-corrected chi connectivity index (χ0v) is 16.6. The Hall–Kier alpha value is -2.11. The summed E-state index contributed by atoms with van der Waals surface area (Å²) in [5, 5.41) is 2.50. The molecular weight excluding hydrogens is 347 g/mol. The lowest BCUT2D eigenvalue weighted by atomic mass is 9.60. The SMILES string of the molecule is CNC(=O)c1ccc(CC2CC3(CCN(C(=O)OC(C)(C)C)C3)C2)c(F)c1. The second-order valence-corrected chi connectivity index (χ2v) is 9.02. The number of ether oxygens (including phenoxy) is 1. The largest absolute Gasteiger partial charge is 0.444 e. The Morgan fingerprint density at radius 2 is 2.04 bits per heavy atom. The van der Waals surface area contributed by atoms with Gasteiger partial charge in [-0.2, -0.15) is 0 Å². The summed E-state index contributed by atoms with van der Waals surface area (Å²) in [5.74, 6) is -0.181. The third-order valence-corrected chi connectivity index (χ3v) is 5.58. The van der Waals surface area contributed by atoms with Gasteiger partial charge in [0.15, 0.2) is 0 Å². The predicted molar refractivity (Wildman–Crippen MR) is 101 cm³/mol. The second kappa shape index (κ2) is 7.13. The lowest BCUT2D eigenvalue weighted by Gasteiger charge is -2.45. The average molecular weight is 376 g/mol. The first-order valence-electron chi connectivity index (χ1n) is 9.59. The Morgan fingerprint density at radius 3 is 2.63 bits per heavy atom. The van der Waals surface area contributed by atoms with Gasteiger partial charge in [0, 0.05) is 25.7 Å². The molecule has 5 nitrogen and oxygen atoms in total. The van der Waals surface area contributed by atoms with Crippen LogP contribution in [0.3, 0.4) is 0 Å². The van der Waals surface area contributed by atoms with E-state index in [0.29, 0.717) is 23.5 Å². The monoisotopic (exact) mass is 376 g/mol. The van der Waals surface area contributed by atoms with Crippen molar-refractivity contribution in [3.05, 3.63) is 35.1 Å². The van der Waals surface area contributed by atoms with Crippen molar-refractivity contribution in [2.75, 3.05) is 20.1 Å². The molecule has 2 aliphatic rings. The summed E-state index contributed by atoms with van der Waals surface area (Å²) in [6.07, 6.45) is 3.43. The molecule has 1 saturated carbocycles. The molecule has 1 heterocycles. The molecule has 148 valence electrons. The van der Waals surface area contributed by atoms with E-state index >= 15 is 0 Å². The highest BCUT2D eigenvalue weighted by Gasteiger charge is 2.49. The number of amides is 2. The van der Waals surface area contributed by atoms with E-state index in [9.17, 15) is 14.0 Å². The van der Waals surface area contributed by atoms with Crippen LogP contribution in [0, 0.1) is 17.2 Å². The Labute approximate surface area is 160 Å². The number of carbonyl (C=O) groups excluding carboxylic acids is 2. The normalized spacial score (nSPS) is 24.6. The molecule has 1 aliphatic carbocycles. The maximum atomic E-state index is 14.3. The van der Waals surface area contributed by atoms with Crippen LogP contribution in [0.25, 0.3) is 0 Å². The van der Waals surface area contributed by atoms with Crippen LogP contribution in [0.4, 0.5) is 9.18 Å². The van der Waals surface area contributed by atoms with Gasteiger partial charge in [0.2, 0.25) is 0 Å². The van der Waals surface area contributed by atoms with E-state index in [1.165, 1.54) is 13.1 Å². The van der Waals surface area contributed by atoms with Crippen molar-refractivity contribution in [1.82, 2.24) is 10.2 Å². The van der Waals surface area contributed by atoms with Crippen molar-refractivity contribution < 1.29 is 18.7 Å². The third kappa shape index (κ3) is 4.42. The molecule has 2 amide bonds. The molecule has 27 heavy (non-hydrogen) atoms. The summed E-state index contributed by atoms with van der Waals surface area (Å²) in [7, 11) is 1.53. The Bertz CT molecular complexity index is 735. The van der Waals surface area contributed by atoms with Gasteiger partial charge in [0.25, 0.3) is 5.91 Å². The highest BCUT2D eigenvalue weighted by atomic mass is 19.1. The molecule has 2 fully saturated rings. The van der Waals surface area contributed by atoms with Gasteiger partial charge < -0.3 is 15.0 Å². The number of rotatable bonds is 3. The number of benzene rings is 1. The van der Waals surface area contributed by atoms with Crippen molar-refractivity contribution in [3.8, 4) is 0 Å². The van der Waals surface area contributed by atoms with E-state index in [0.717, 1.165) is 32.4 Å². The van der Waals surface area contributed by atoms with E-state index in [1.807, 2.05) is 20.8 Å². The van der Waals surface area contributed by atoms with Crippen LogP contribution in [-0.4, -0.2) is 42.6 Å². The maximum Gasteiger partial charge on any atom is 0.410 e. The summed E-state index contributed by atoms with van der Waals surface area (Å²) in [4.78, 5) is 25.6. The summed E-state index contributed by atoms with van der Waals surface area (Å²) >= 11 is 0. The second-order valence-electron chi connectivity index (χ2n) is 9.02. The zero-order chi connectivity index (χ0) is 19.8. The first-order valence-corrected chi connectivity index (χ1v) is 9.59. The Balaban J connectivity index is 1.53. The number of nitrogens with one attached hydrogen (secondary N) is 1. The average Bonchev–Trinajstić information content (AvgIpc) is 2.99. The van der Waals surface area contributed by atoms with Crippen LogP contribution >= 0.6 is 0 Å². The molecule has 1 aromatic rings. The Morgan fingerprint density at radius 1 is 1.33 bits per heavy atom. The van der Waals surface area contributed by atoms with Gasteiger partial charge in [-0.05, 0) is 75.5 Å². The van der Waals surface area contributed by atoms with Gasteiger partial charge in [-0.25, -0.2) is 9.18 Å². The summed E-state index contributed by atoms with van der Waals surface area (Å²) < 4.78 is 19.8. The van der Waals surface area contributed by atoms with E-state index in [2.05, 4.69) is 5.32 Å². The summed E-state index contributed by atoms with van der Waals surface area (Å²) in [5.41, 5.74) is 0.685. The van der Waals surface area contributed by atoms with Gasteiger partial charge in [-0.1, -0.05) is 6.07 Å². The van der Waals surface area contributed by atoms with E-state index < -0.39 is 5.60 Å². The number of halogens is 1. The van der Waals surface area contributed by atoms with Crippen LogP contribution in [0.1, 0.15) is 56.0 Å². The molecule has 0 radical (unpaired) electrons. The van der Waals surface area contributed by atoms with Crippen molar-refractivity contribution in [2.24, 2.45) is 11.3 Å². The number of likely N-dealkylation sites (tertiary alicyclic amines) is 1. The van der Waals surface area contributed by atoms with Crippen LogP contribution in [0.5, 0.6) is 0 Å². The number of hydrogen-bond acceptors (Lipinski definition) is 3. The minimum absolute atomic E-state index is 0.167. The fourth-order valence-corrected chi connectivity index (χ4v) is 4.37. The molecular formula is C21H29FN2O3. The molecule has 1 aliphatic heterocycles. The molecule has 1 spiro atoms. The topological polar surface area (TPSA) is 58.6 Å². The molecule has 0 aromatic heterocycles. The molecule has 1 aromatic carbocycles. The minimum Gasteiger partial charge on any atom is -0.444 e. The van der Waals surface area contributed by atoms with Crippen molar-refractivity contribution in [3.63, 3.8) is 0 Å². The maximum absolute atomic E-state index is 14.3. The van der Waals surface area contributed by atoms with Gasteiger partial charge >= 0.3 is 6.09 Å². The first kappa shape index (κ1) is 19.6. The molecule has 6 heteroatoms. The Kier molecular flexibility index (Phi) is 5.19. The highest BCUT2D eigenvalue weighted by Crippen LogP contribution is 2.53. The van der Waals surface area contributed by atoms with Crippen molar-refractivity contribution in [1.29, 1.82) is 0 Å². The summed E-state index contributed by atoms with van der Waals surface area (Å²) in [6, 6.07) is 4.69. The molecule has 0 atom stereocenters. The van der Waals surface area contributed by atoms with E-state index in [4.69, 9.17) is 4.74 Å². The predicted octanol–water partition coefficient (Wildman–Crippen LogP) is 3.77. The lowest BCUT2D eigenvalue weighted by molar-refractivity contribution is 0.0182. The fourth-order valence-electron chi connectivity index (χ4n) is 4.37. The molecule has 0 bridgehead atoms. The highest BCUT2D eigenvalue weighted by molar-refractivity contribution is 5.94. The van der Waals surface area contributed by atoms with E-state index in [-0.39, 0.29) is 23.2 Å². The smallest absolute Gasteiger partial charge is 0.410 e. The summed E-state index contributed by atoms with van der Waals surface area (Å²) in [6.45, 7) is 7.09.